The second kappa shape index (κ2) is 3.38. The number of hydrogen-bond acceptors (Lipinski definition) is 4. The van der Waals surface area contributed by atoms with E-state index in [-0.39, 0.29) is 0 Å². The van der Waals surface area contributed by atoms with E-state index < -0.39 is 7.12 Å². The van der Waals surface area contributed by atoms with E-state index in [2.05, 4.69) is 5.43 Å². The van der Waals surface area contributed by atoms with Gasteiger partial charge in [-0.15, -0.1) is 0 Å². The van der Waals surface area contributed by atoms with Crippen molar-refractivity contribution in [3.8, 4) is 0 Å². The molecule has 0 unspecified atom stereocenters. The molecule has 0 saturated heterocycles. The van der Waals surface area contributed by atoms with Crippen LogP contribution in [0.2, 0.25) is 0 Å². The van der Waals surface area contributed by atoms with E-state index >= 15 is 0 Å². The molecule has 0 spiro atoms. The summed E-state index contributed by atoms with van der Waals surface area (Å²) in [5.41, 5.74) is 3.47. The van der Waals surface area contributed by atoms with Crippen LogP contribution in [0.3, 0.4) is 0 Å². The van der Waals surface area contributed by atoms with Gasteiger partial charge in [-0.2, -0.15) is 0 Å². The summed E-state index contributed by atoms with van der Waals surface area (Å²) in [6.45, 7) is 0. The minimum atomic E-state index is -1.44. The van der Waals surface area contributed by atoms with E-state index in [0.717, 1.165) is 0 Å². The third-order valence-electron chi connectivity index (χ3n) is 1.35. The molecule has 0 aliphatic rings. The monoisotopic (exact) mass is 152 g/mol. The van der Waals surface area contributed by atoms with Crippen molar-refractivity contribution >= 4 is 18.3 Å². The summed E-state index contributed by atoms with van der Waals surface area (Å²) >= 11 is 0. The molecule has 0 atom stereocenters. The lowest BCUT2D eigenvalue weighted by Gasteiger charge is -2.02. The zero-order valence-electron chi connectivity index (χ0n) is 5.86. The lowest BCUT2D eigenvalue weighted by molar-refractivity contribution is 0.426. The Balaban J connectivity index is 2.91. The molecule has 0 fully saturated rings. The number of hydrogen-bond donors (Lipinski definition) is 4. The van der Waals surface area contributed by atoms with Crippen molar-refractivity contribution in [2.24, 2.45) is 5.84 Å². The fourth-order valence-corrected chi connectivity index (χ4v) is 0.789. The van der Waals surface area contributed by atoms with Crippen LogP contribution >= 0.6 is 0 Å². The van der Waals surface area contributed by atoms with Gasteiger partial charge in [-0.1, -0.05) is 12.1 Å². The predicted octanol–water partition coefficient (Wildman–Crippen LogP) is -1.35. The fourth-order valence-electron chi connectivity index (χ4n) is 0.789. The van der Waals surface area contributed by atoms with Crippen LogP contribution in [0.25, 0.3) is 0 Å². The van der Waals surface area contributed by atoms with Gasteiger partial charge >= 0.3 is 7.12 Å². The summed E-state index contributed by atoms with van der Waals surface area (Å²) in [5, 5.41) is 17.5. The van der Waals surface area contributed by atoms with Gasteiger partial charge in [-0.25, -0.2) is 0 Å². The van der Waals surface area contributed by atoms with Crippen LogP contribution in [0, 0.1) is 0 Å². The summed E-state index contributed by atoms with van der Waals surface area (Å²) in [7, 11) is -1.44. The van der Waals surface area contributed by atoms with Crippen LogP contribution in [0.15, 0.2) is 24.3 Å². The Kier molecular flexibility index (Phi) is 2.48. The van der Waals surface area contributed by atoms with E-state index in [0.29, 0.717) is 11.2 Å². The summed E-state index contributed by atoms with van der Waals surface area (Å²) < 4.78 is 0. The Labute approximate surface area is 64.8 Å². The summed E-state index contributed by atoms with van der Waals surface area (Å²) in [6.07, 6.45) is 0. The smallest absolute Gasteiger partial charge is 0.423 e. The van der Waals surface area contributed by atoms with Crippen LogP contribution in [0.1, 0.15) is 0 Å². The van der Waals surface area contributed by atoms with Crippen LogP contribution in [0.5, 0.6) is 0 Å². The molecule has 0 aliphatic carbocycles. The highest BCUT2D eigenvalue weighted by atomic mass is 16.4. The number of nitrogen functional groups attached to an aromatic ring is 1. The first-order chi connectivity index (χ1) is 5.24. The van der Waals surface area contributed by atoms with E-state index in [1.165, 1.54) is 0 Å². The second-order valence-corrected chi connectivity index (χ2v) is 2.14. The van der Waals surface area contributed by atoms with Gasteiger partial charge in [0, 0.05) is 5.69 Å². The highest BCUT2D eigenvalue weighted by molar-refractivity contribution is 6.58. The quantitative estimate of drug-likeness (QED) is 0.240. The maximum absolute atomic E-state index is 8.73. The molecule has 4 nitrogen and oxygen atoms in total. The van der Waals surface area contributed by atoms with Crippen LogP contribution in [-0.2, 0) is 0 Å². The van der Waals surface area contributed by atoms with Crippen molar-refractivity contribution in [3.63, 3.8) is 0 Å². The molecule has 1 aromatic carbocycles. The number of hydrazine groups is 1. The standard InChI is InChI=1S/C6H9BN2O2/c8-9-6-3-1-2-5(4-6)7(10)11/h1-4,9-11H,8H2. The maximum Gasteiger partial charge on any atom is 0.488 e. The number of nitrogens with two attached hydrogens (primary N) is 1. The minimum Gasteiger partial charge on any atom is -0.423 e. The zero-order valence-corrected chi connectivity index (χ0v) is 5.86. The number of rotatable bonds is 2. The third kappa shape index (κ3) is 1.94. The molecule has 0 radical (unpaired) electrons. The molecule has 5 N–H and O–H groups in total. The van der Waals surface area contributed by atoms with Gasteiger partial charge in [0.25, 0.3) is 0 Å². The zero-order chi connectivity index (χ0) is 8.27. The molecular weight excluding hydrogens is 143 g/mol. The predicted molar refractivity (Wildman–Crippen MR) is 44.1 cm³/mol. The van der Waals surface area contributed by atoms with Gasteiger partial charge in [0.05, 0.1) is 0 Å². The van der Waals surface area contributed by atoms with E-state index in [1.807, 2.05) is 0 Å². The average Bonchev–Trinajstić information content (AvgIpc) is 2.05. The van der Waals surface area contributed by atoms with Gasteiger partial charge in [-0.3, -0.25) is 5.84 Å². The average molecular weight is 152 g/mol. The van der Waals surface area contributed by atoms with Crippen molar-refractivity contribution in [1.82, 2.24) is 0 Å². The van der Waals surface area contributed by atoms with Crippen LogP contribution in [-0.4, -0.2) is 17.2 Å². The molecule has 58 valence electrons. The molecule has 0 saturated carbocycles. The molecule has 5 heteroatoms. The van der Waals surface area contributed by atoms with Gasteiger partial charge in [0.15, 0.2) is 0 Å². The molecule has 1 rings (SSSR count). The lowest BCUT2D eigenvalue weighted by Crippen LogP contribution is -2.30. The van der Waals surface area contributed by atoms with Crippen LogP contribution in [0.4, 0.5) is 5.69 Å². The third-order valence-corrected chi connectivity index (χ3v) is 1.35. The summed E-state index contributed by atoms with van der Waals surface area (Å²) in [6, 6.07) is 6.58. The maximum atomic E-state index is 8.73. The highest BCUT2D eigenvalue weighted by Crippen LogP contribution is 2.00. The Morgan fingerprint density at radius 1 is 1.36 bits per heavy atom. The minimum absolute atomic E-state index is 0.417. The first kappa shape index (κ1) is 8.07. The SMILES string of the molecule is NNc1cccc(B(O)O)c1. The molecule has 0 aliphatic heterocycles. The Hall–Kier alpha value is -1.04. The van der Waals surface area contributed by atoms with Crippen molar-refractivity contribution in [2.75, 3.05) is 5.43 Å². The van der Waals surface area contributed by atoms with Crippen molar-refractivity contribution in [2.45, 2.75) is 0 Å². The topological polar surface area (TPSA) is 78.5 Å². The van der Waals surface area contributed by atoms with Crippen LogP contribution < -0.4 is 16.7 Å². The largest absolute Gasteiger partial charge is 0.488 e. The second-order valence-electron chi connectivity index (χ2n) is 2.14. The Bertz CT molecular complexity index is 242. The van der Waals surface area contributed by atoms with Gasteiger partial charge in [-0.05, 0) is 17.6 Å². The van der Waals surface area contributed by atoms with Gasteiger partial charge in [0.1, 0.15) is 0 Å². The van der Waals surface area contributed by atoms with E-state index in [1.54, 1.807) is 24.3 Å². The van der Waals surface area contributed by atoms with Gasteiger partial charge in [0.2, 0.25) is 0 Å². The molecule has 0 aromatic heterocycles. The molecular formula is C6H9BN2O2. The number of benzene rings is 1. The fraction of sp³-hybridized carbons (Fsp3) is 0. The molecule has 11 heavy (non-hydrogen) atoms. The number of anilines is 1. The lowest BCUT2D eigenvalue weighted by atomic mass is 9.80. The first-order valence-electron chi connectivity index (χ1n) is 3.17. The Morgan fingerprint density at radius 3 is 2.64 bits per heavy atom. The van der Waals surface area contributed by atoms with E-state index in [4.69, 9.17) is 15.9 Å². The normalized spacial score (nSPS) is 9.36. The molecule has 0 bridgehead atoms. The Morgan fingerprint density at radius 2 is 2.09 bits per heavy atom. The van der Waals surface area contributed by atoms with Crippen molar-refractivity contribution in [1.29, 1.82) is 0 Å². The summed E-state index contributed by atoms with van der Waals surface area (Å²) in [4.78, 5) is 0. The number of nitrogens with one attached hydrogen (secondary N) is 1. The molecule has 0 amide bonds. The van der Waals surface area contributed by atoms with Crippen molar-refractivity contribution in [3.05, 3.63) is 24.3 Å². The van der Waals surface area contributed by atoms with Gasteiger partial charge < -0.3 is 15.5 Å². The first-order valence-corrected chi connectivity index (χ1v) is 3.17. The molecule has 0 heterocycles. The highest BCUT2D eigenvalue weighted by Gasteiger charge is 2.09. The van der Waals surface area contributed by atoms with E-state index in [9.17, 15) is 0 Å². The molecule has 1 aromatic rings. The summed E-state index contributed by atoms with van der Waals surface area (Å²) in [5.74, 6) is 5.11. The van der Waals surface area contributed by atoms with Crippen molar-refractivity contribution < 1.29 is 10.0 Å².